The van der Waals surface area contributed by atoms with Gasteiger partial charge in [-0.15, -0.1) is 0 Å². The number of rotatable bonds is 3. The molecule has 1 aromatic rings. The average molecular weight is 305 g/mol. The first-order valence-corrected chi connectivity index (χ1v) is 5.82. The van der Waals surface area contributed by atoms with Crippen molar-refractivity contribution in [2.75, 3.05) is 7.11 Å². The Labute approximate surface area is 106 Å². The van der Waals surface area contributed by atoms with Crippen LogP contribution in [0.5, 0.6) is 0 Å². The Hall–Kier alpha value is -1.37. The van der Waals surface area contributed by atoms with Gasteiger partial charge in [0.2, 0.25) is 0 Å². The Morgan fingerprint density at radius 1 is 1.41 bits per heavy atom. The van der Waals surface area contributed by atoms with Gasteiger partial charge in [-0.25, -0.2) is 4.68 Å². The summed E-state index contributed by atoms with van der Waals surface area (Å²) in [5.74, 6) is -0.504. The number of methoxy groups -OCH3 is 1. The van der Waals surface area contributed by atoms with Crippen molar-refractivity contribution in [1.82, 2.24) is 9.78 Å². The van der Waals surface area contributed by atoms with E-state index < -0.39 is 10.8 Å². The van der Waals surface area contributed by atoms with Crippen molar-refractivity contribution in [2.24, 2.45) is 0 Å². The molecule has 0 aliphatic rings. The Balaban J connectivity index is 3.13. The summed E-state index contributed by atoms with van der Waals surface area (Å²) >= 11 is 3.09. The summed E-state index contributed by atoms with van der Waals surface area (Å²) in [6, 6.07) is 0. The highest BCUT2D eigenvalue weighted by Gasteiger charge is 2.18. The van der Waals surface area contributed by atoms with E-state index in [1.807, 2.05) is 0 Å². The van der Waals surface area contributed by atoms with Crippen LogP contribution in [-0.4, -0.2) is 27.7 Å². The lowest BCUT2D eigenvalue weighted by molar-refractivity contribution is -0.140. The molecule has 6 nitrogen and oxygen atoms in total. The van der Waals surface area contributed by atoms with Crippen molar-refractivity contribution in [3.05, 3.63) is 31.8 Å². The predicted octanol–water partition coefficient (Wildman–Crippen LogP) is 0.0899. The maximum absolute atomic E-state index is 11.8. The van der Waals surface area contributed by atoms with Gasteiger partial charge in [-0.2, -0.15) is 0 Å². The van der Waals surface area contributed by atoms with Crippen LogP contribution in [0.4, 0.5) is 0 Å². The minimum Gasteiger partial charge on any atom is -0.468 e. The number of H-pyrrole nitrogens is 1. The first-order valence-electron chi connectivity index (χ1n) is 4.90. The predicted molar refractivity (Wildman–Crippen MR) is 65.5 cm³/mol. The molecule has 1 heterocycles. The standard InChI is InChI=1S/C10H13BrN2O4/c1-5-6(2)9(15)13(12-8(5)14)4-7(11)10(16)17-3/h7H,4H2,1-3H3,(H,12,14). The van der Waals surface area contributed by atoms with E-state index in [4.69, 9.17) is 0 Å². The quantitative estimate of drug-likeness (QED) is 0.634. The number of hydrogen-bond donors (Lipinski definition) is 1. The molecule has 0 fully saturated rings. The van der Waals surface area contributed by atoms with E-state index in [-0.39, 0.29) is 17.7 Å². The van der Waals surface area contributed by atoms with Crippen LogP contribution in [-0.2, 0) is 16.1 Å². The highest BCUT2D eigenvalue weighted by molar-refractivity contribution is 9.10. The maximum atomic E-state index is 11.8. The lowest BCUT2D eigenvalue weighted by Gasteiger charge is -2.11. The lowest BCUT2D eigenvalue weighted by atomic mass is 10.2. The van der Waals surface area contributed by atoms with Gasteiger partial charge in [0.05, 0.1) is 13.7 Å². The molecule has 0 bridgehead atoms. The number of esters is 1. The van der Waals surface area contributed by atoms with Crippen molar-refractivity contribution in [3.8, 4) is 0 Å². The summed E-state index contributed by atoms with van der Waals surface area (Å²) in [5, 5.41) is 2.41. The normalized spacial score (nSPS) is 12.2. The maximum Gasteiger partial charge on any atom is 0.321 e. The Morgan fingerprint density at radius 3 is 2.53 bits per heavy atom. The van der Waals surface area contributed by atoms with E-state index in [0.717, 1.165) is 4.68 Å². The molecule has 0 aliphatic carbocycles. The fraction of sp³-hybridized carbons (Fsp3) is 0.500. The number of nitrogens with zero attached hydrogens (tertiary/aromatic N) is 1. The van der Waals surface area contributed by atoms with Crippen LogP contribution in [0, 0.1) is 13.8 Å². The number of hydrogen-bond acceptors (Lipinski definition) is 4. The molecule has 1 aromatic heterocycles. The summed E-state index contributed by atoms with van der Waals surface area (Å²) in [4.78, 5) is 33.8. The zero-order chi connectivity index (χ0) is 13.2. The van der Waals surface area contributed by atoms with Gasteiger partial charge in [-0.05, 0) is 13.8 Å². The highest BCUT2D eigenvalue weighted by atomic mass is 79.9. The number of nitrogens with one attached hydrogen (secondary N) is 1. The molecule has 0 radical (unpaired) electrons. The third-order valence-electron chi connectivity index (χ3n) is 2.51. The number of aromatic amines is 1. The Morgan fingerprint density at radius 2 is 2.00 bits per heavy atom. The molecule has 0 amide bonds. The first-order chi connectivity index (χ1) is 7.88. The van der Waals surface area contributed by atoms with Crippen molar-refractivity contribution in [1.29, 1.82) is 0 Å². The van der Waals surface area contributed by atoms with Gasteiger partial charge in [0.25, 0.3) is 11.1 Å². The van der Waals surface area contributed by atoms with Gasteiger partial charge in [0.1, 0.15) is 4.83 Å². The molecule has 0 spiro atoms. The van der Waals surface area contributed by atoms with E-state index in [1.165, 1.54) is 7.11 Å². The van der Waals surface area contributed by atoms with Gasteiger partial charge >= 0.3 is 5.97 Å². The smallest absolute Gasteiger partial charge is 0.321 e. The van der Waals surface area contributed by atoms with Gasteiger partial charge in [-0.3, -0.25) is 19.5 Å². The van der Waals surface area contributed by atoms with Crippen molar-refractivity contribution in [2.45, 2.75) is 25.2 Å². The van der Waals surface area contributed by atoms with Crippen LogP contribution >= 0.6 is 15.9 Å². The summed E-state index contributed by atoms with van der Waals surface area (Å²) in [5.41, 5.74) is 0.0934. The van der Waals surface area contributed by atoms with Gasteiger partial charge in [-0.1, -0.05) is 15.9 Å². The molecule has 17 heavy (non-hydrogen) atoms. The molecular weight excluding hydrogens is 292 g/mol. The van der Waals surface area contributed by atoms with E-state index in [0.29, 0.717) is 11.1 Å². The fourth-order valence-corrected chi connectivity index (χ4v) is 1.76. The van der Waals surface area contributed by atoms with E-state index in [2.05, 4.69) is 25.8 Å². The Bertz CT molecular complexity index is 546. The molecule has 94 valence electrons. The first kappa shape index (κ1) is 13.7. The second kappa shape index (κ2) is 5.31. The van der Waals surface area contributed by atoms with E-state index in [9.17, 15) is 14.4 Å². The van der Waals surface area contributed by atoms with Crippen LogP contribution in [0.25, 0.3) is 0 Å². The second-order valence-corrected chi connectivity index (χ2v) is 4.70. The topological polar surface area (TPSA) is 81.2 Å². The number of aromatic nitrogens is 2. The number of halogens is 1. The zero-order valence-electron chi connectivity index (χ0n) is 9.74. The molecule has 7 heteroatoms. The van der Waals surface area contributed by atoms with E-state index in [1.54, 1.807) is 13.8 Å². The van der Waals surface area contributed by atoms with Crippen LogP contribution < -0.4 is 11.1 Å². The largest absolute Gasteiger partial charge is 0.468 e. The summed E-state index contributed by atoms with van der Waals surface area (Å²) in [6.07, 6.45) is 0. The summed E-state index contributed by atoms with van der Waals surface area (Å²) in [7, 11) is 1.25. The third kappa shape index (κ3) is 2.85. The molecule has 0 aromatic carbocycles. The van der Waals surface area contributed by atoms with Crippen molar-refractivity contribution < 1.29 is 9.53 Å². The minimum atomic E-state index is -0.678. The van der Waals surface area contributed by atoms with Crippen LogP contribution in [0.2, 0.25) is 0 Å². The number of alkyl halides is 1. The summed E-state index contributed by atoms with van der Waals surface area (Å²) in [6.45, 7) is 3.17. The van der Waals surface area contributed by atoms with Crippen molar-refractivity contribution >= 4 is 21.9 Å². The SMILES string of the molecule is COC(=O)C(Br)Cn1[nH]c(=O)c(C)c(C)c1=O. The average Bonchev–Trinajstić information content (AvgIpc) is 2.32. The lowest BCUT2D eigenvalue weighted by Crippen LogP contribution is -2.37. The molecule has 1 rings (SSSR count). The molecular formula is C10H13BrN2O4. The highest BCUT2D eigenvalue weighted by Crippen LogP contribution is 2.03. The van der Waals surface area contributed by atoms with E-state index >= 15 is 0 Å². The number of carbonyl (C=O) groups is 1. The van der Waals surface area contributed by atoms with Gasteiger partial charge in [0.15, 0.2) is 0 Å². The third-order valence-corrected chi connectivity index (χ3v) is 3.17. The minimum absolute atomic E-state index is 0.0157. The second-order valence-electron chi connectivity index (χ2n) is 3.60. The van der Waals surface area contributed by atoms with Gasteiger partial charge in [0, 0.05) is 11.1 Å². The molecule has 1 N–H and O–H groups in total. The molecule has 0 aliphatic heterocycles. The zero-order valence-corrected chi connectivity index (χ0v) is 11.3. The molecule has 0 saturated carbocycles. The number of ether oxygens (including phenoxy) is 1. The molecule has 0 saturated heterocycles. The van der Waals surface area contributed by atoms with Crippen LogP contribution in [0.1, 0.15) is 11.1 Å². The summed E-state index contributed by atoms with van der Waals surface area (Å²) < 4.78 is 5.61. The fourth-order valence-electron chi connectivity index (χ4n) is 1.28. The number of carbonyl (C=O) groups excluding carboxylic acids is 1. The molecule has 1 unspecified atom stereocenters. The monoisotopic (exact) mass is 304 g/mol. The van der Waals surface area contributed by atoms with Crippen LogP contribution in [0.15, 0.2) is 9.59 Å². The Kier molecular flexibility index (Phi) is 4.28. The van der Waals surface area contributed by atoms with Crippen LogP contribution in [0.3, 0.4) is 0 Å². The van der Waals surface area contributed by atoms with Crippen molar-refractivity contribution in [3.63, 3.8) is 0 Å². The molecule has 1 atom stereocenters. The van der Waals surface area contributed by atoms with Gasteiger partial charge < -0.3 is 4.74 Å².